The highest BCUT2D eigenvalue weighted by Crippen LogP contribution is 2.31. The molecule has 0 aliphatic carbocycles. The standard InChI is InChI=1S/C21H25N5O2/c1-4-16(10-22-7-1)28-20-12-23-11-19(24-20)21-17-9-14(5-6-18(17)25-26-21)15-3-2-8-27-13-15/h5-6,9,11-12,15-16,22H,1-4,7-8,10,13H2,(H,25,26). The molecule has 4 heterocycles. The van der Waals surface area contributed by atoms with Crippen LogP contribution in [0.15, 0.2) is 30.6 Å². The van der Waals surface area contributed by atoms with Crippen LogP contribution in [0.3, 0.4) is 0 Å². The summed E-state index contributed by atoms with van der Waals surface area (Å²) in [6.45, 7) is 3.56. The van der Waals surface area contributed by atoms with Gasteiger partial charge >= 0.3 is 0 Å². The molecular formula is C21H25N5O2. The number of hydrogen-bond donors (Lipinski definition) is 2. The Morgan fingerprint density at radius 3 is 3.00 bits per heavy atom. The number of aromatic amines is 1. The molecule has 0 radical (unpaired) electrons. The predicted octanol–water partition coefficient (Wildman–Crippen LogP) is 3.04. The van der Waals surface area contributed by atoms with Crippen LogP contribution >= 0.6 is 0 Å². The predicted molar refractivity (Wildman–Crippen MR) is 106 cm³/mol. The Kier molecular flexibility index (Phi) is 4.93. The smallest absolute Gasteiger partial charge is 0.233 e. The average molecular weight is 379 g/mol. The zero-order valence-corrected chi connectivity index (χ0v) is 15.9. The van der Waals surface area contributed by atoms with Crippen LogP contribution in [0.5, 0.6) is 5.88 Å². The molecule has 5 rings (SSSR count). The van der Waals surface area contributed by atoms with Gasteiger partial charge in [-0.05, 0) is 49.9 Å². The van der Waals surface area contributed by atoms with Crippen molar-refractivity contribution in [3.8, 4) is 17.3 Å². The van der Waals surface area contributed by atoms with Crippen molar-refractivity contribution in [1.82, 2.24) is 25.5 Å². The number of piperidine rings is 1. The van der Waals surface area contributed by atoms with Crippen LogP contribution in [-0.2, 0) is 4.74 Å². The van der Waals surface area contributed by atoms with Crippen molar-refractivity contribution in [1.29, 1.82) is 0 Å². The molecule has 1 aromatic carbocycles. The summed E-state index contributed by atoms with van der Waals surface area (Å²) in [5.41, 5.74) is 3.83. The summed E-state index contributed by atoms with van der Waals surface area (Å²) < 4.78 is 11.7. The summed E-state index contributed by atoms with van der Waals surface area (Å²) >= 11 is 0. The van der Waals surface area contributed by atoms with E-state index in [0.29, 0.717) is 11.8 Å². The molecule has 3 aromatic rings. The molecule has 2 N–H and O–H groups in total. The van der Waals surface area contributed by atoms with Crippen LogP contribution in [0.4, 0.5) is 0 Å². The van der Waals surface area contributed by atoms with Crippen molar-refractivity contribution in [3.63, 3.8) is 0 Å². The molecule has 7 nitrogen and oxygen atoms in total. The first-order valence-corrected chi connectivity index (χ1v) is 10.1. The number of benzene rings is 1. The Morgan fingerprint density at radius 2 is 2.14 bits per heavy atom. The summed E-state index contributed by atoms with van der Waals surface area (Å²) in [7, 11) is 0. The number of ether oxygens (including phenoxy) is 2. The minimum atomic E-state index is 0.145. The first-order valence-electron chi connectivity index (χ1n) is 10.1. The summed E-state index contributed by atoms with van der Waals surface area (Å²) in [5, 5.41) is 12.1. The lowest BCUT2D eigenvalue weighted by Crippen LogP contribution is -2.37. The SMILES string of the molecule is c1cc2[nH]nc(-c3cncc(OC4CCCNC4)n3)c2cc1C1CCCOC1. The molecule has 0 spiro atoms. The van der Waals surface area contributed by atoms with Crippen molar-refractivity contribution in [2.45, 2.75) is 37.7 Å². The Balaban J connectivity index is 1.44. The Bertz CT molecular complexity index is 945. The molecule has 0 bridgehead atoms. The summed E-state index contributed by atoms with van der Waals surface area (Å²) in [6, 6.07) is 6.48. The van der Waals surface area contributed by atoms with Gasteiger partial charge in [0.15, 0.2) is 0 Å². The van der Waals surface area contributed by atoms with Gasteiger partial charge in [-0.1, -0.05) is 6.07 Å². The molecule has 2 saturated heterocycles. The van der Waals surface area contributed by atoms with Gasteiger partial charge in [-0.3, -0.25) is 10.1 Å². The number of H-pyrrole nitrogens is 1. The fourth-order valence-corrected chi connectivity index (χ4v) is 4.09. The van der Waals surface area contributed by atoms with Crippen LogP contribution in [0, 0.1) is 0 Å². The number of hydrogen-bond acceptors (Lipinski definition) is 6. The molecule has 0 saturated carbocycles. The minimum Gasteiger partial charge on any atom is -0.472 e. The zero-order chi connectivity index (χ0) is 18.8. The van der Waals surface area contributed by atoms with Gasteiger partial charge < -0.3 is 14.8 Å². The molecule has 0 amide bonds. The second-order valence-corrected chi connectivity index (χ2v) is 7.62. The van der Waals surface area contributed by atoms with E-state index in [9.17, 15) is 0 Å². The maximum Gasteiger partial charge on any atom is 0.233 e. The lowest BCUT2D eigenvalue weighted by molar-refractivity contribution is 0.0805. The molecule has 146 valence electrons. The van der Waals surface area contributed by atoms with Gasteiger partial charge in [0.25, 0.3) is 0 Å². The second-order valence-electron chi connectivity index (χ2n) is 7.62. The number of nitrogens with one attached hydrogen (secondary N) is 2. The molecule has 2 atom stereocenters. The van der Waals surface area contributed by atoms with Gasteiger partial charge in [0.2, 0.25) is 5.88 Å². The van der Waals surface area contributed by atoms with E-state index in [1.54, 1.807) is 12.4 Å². The third-order valence-electron chi connectivity index (χ3n) is 5.61. The third kappa shape index (κ3) is 3.59. The molecule has 2 fully saturated rings. The number of fused-ring (bicyclic) bond motifs is 1. The second kappa shape index (κ2) is 7.85. The topological polar surface area (TPSA) is 85.0 Å². The van der Waals surface area contributed by atoms with E-state index in [1.165, 1.54) is 5.56 Å². The Hall–Kier alpha value is -2.51. The first kappa shape index (κ1) is 17.6. The lowest BCUT2D eigenvalue weighted by Gasteiger charge is -2.23. The van der Waals surface area contributed by atoms with Crippen LogP contribution in [-0.4, -0.2) is 52.6 Å². The van der Waals surface area contributed by atoms with Gasteiger partial charge in [-0.15, -0.1) is 0 Å². The van der Waals surface area contributed by atoms with Crippen molar-refractivity contribution in [3.05, 3.63) is 36.2 Å². The molecule has 28 heavy (non-hydrogen) atoms. The number of nitrogens with zero attached hydrogens (tertiary/aromatic N) is 3. The van der Waals surface area contributed by atoms with E-state index in [0.717, 1.165) is 74.3 Å². The molecule has 2 aromatic heterocycles. The maximum atomic E-state index is 6.03. The lowest BCUT2D eigenvalue weighted by atomic mass is 9.92. The van der Waals surface area contributed by atoms with Gasteiger partial charge in [0, 0.05) is 24.5 Å². The van der Waals surface area contributed by atoms with Crippen LogP contribution < -0.4 is 10.1 Å². The minimum absolute atomic E-state index is 0.145. The van der Waals surface area contributed by atoms with E-state index in [-0.39, 0.29) is 6.10 Å². The monoisotopic (exact) mass is 379 g/mol. The van der Waals surface area contributed by atoms with Crippen molar-refractivity contribution >= 4 is 10.9 Å². The molecular weight excluding hydrogens is 354 g/mol. The van der Waals surface area contributed by atoms with E-state index in [2.05, 4.69) is 43.7 Å². The summed E-state index contributed by atoms with van der Waals surface area (Å²) in [5.74, 6) is 1.000. The molecule has 7 heteroatoms. The fraction of sp³-hybridized carbons (Fsp3) is 0.476. The van der Waals surface area contributed by atoms with Gasteiger partial charge in [0.05, 0.1) is 24.5 Å². The van der Waals surface area contributed by atoms with Crippen molar-refractivity contribution < 1.29 is 9.47 Å². The van der Waals surface area contributed by atoms with E-state index < -0.39 is 0 Å². The number of rotatable bonds is 4. The van der Waals surface area contributed by atoms with Gasteiger partial charge in [-0.25, -0.2) is 4.98 Å². The summed E-state index contributed by atoms with van der Waals surface area (Å²) in [4.78, 5) is 9.03. The third-order valence-corrected chi connectivity index (χ3v) is 5.61. The number of aromatic nitrogens is 4. The Morgan fingerprint density at radius 1 is 1.14 bits per heavy atom. The van der Waals surface area contributed by atoms with Crippen LogP contribution in [0.25, 0.3) is 22.3 Å². The Labute approximate surface area is 163 Å². The van der Waals surface area contributed by atoms with Gasteiger partial charge in [0.1, 0.15) is 17.5 Å². The van der Waals surface area contributed by atoms with Crippen LogP contribution in [0.2, 0.25) is 0 Å². The van der Waals surface area contributed by atoms with Crippen LogP contribution in [0.1, 0.15) is 37.2 Å². The quantitative estimate of drug-likeness (QED) is 0.725. The molecule has 2 unspecified atom stereocenters. The van der Waals surface area contributed by atoms with Crippen molar-refractivity contribution in [2.24, 2.45) is 0 Å². The average Bonchev–Trinajstić information content (AvgIpc) is 3.19. The highest BCUT2D eigenvalue weighted by Gasteiger charge is 2.19. The molecule has 2 aliphatic rings. The maximum absolute atomic E-state index is 6.03. The van der Waals surface area contributed by atoms with E-state index >= 15 is 0 Å². The largest absolute Gasteiger partial charge is 0.472 e. The highest BCUT2D eigenvalue weighted by atomic mass is 16.5. The summed E-state index contributed by atoms with van der Waals surface area (Å²) in [6.07, 6.45) is 8.01. The fourth-order valence-electron chi connectivity index (χ4n) is 4.09. The van der Waals surface area contributed by atoms with E-state index in [4.69, 9.17) is 9.47 Å². The normalized spacial score (nSPS) is 23.0. The highest BCUT2D eigenvalue weighted by molar-refractivity contribution is 5.92. The molecule has 2 aliphatic heterocycles. The van der Waals surface area contributed by atoms with Crippen molar-refractivity contribution in [2.75, 3.05) is 26.3 Å². The zero-order valence-electron chi connectivity index (χ0n) is 15.9. The van der Waals surface area contributed by atoms with E-state index in [1.807, 2.05) is 0 Å². The first-order chi connectivity index (χ1) is 13.9. The van der Waals surface area contributed by atoms with Gasteiger partial charge in [-0.2, -0.15) is 5.10 Å².